The number of hydrogen-bond acceptors (Lipinski definition) is 5. The van der Waals surface area contributed by atoms with E-state index in [0.29, 0.717) is 43.7 Å². The Morgan fingerprint density at radius 3 is 2.81 bits per heavy atom. The molecule has 0 aliphatic carbocycles. The SMILES string of the molecule is CCC(Oc1ccc([N+](=O)[O-])c(C)c1)C(=O)NCCCN1CCCC1=O. The molecule has 1 aliphatic heterocycles. The van der Waals surface area contributed by atoms with Gasteiger partial charge in [-0.25, -0.2) is 0 Å². The van der Waals surface area contributed by atoms with Crippen LogP contribution in [0.25, 0.3) is 0 Å². The molecule has 0 bridgehead atoms. The summed E-state index contributed by atoms with van der Waals surface area (Å²) in [6, 6.07) is 4.44. The zero-order valence-electron chi connectivity index (χ0n) is 15.2. The number of benzene rings is 1. The maximum Gasteiger partial charge on any atom is 0.272 e. The fraction of sp³-hybridized carbons (Fsp3) is 0.556. The van der Waals surface area contributed by atoms with Crippen LogP contribution in [-0.2, 0) is 9.59 Å². The number of hydrogen-bond donors (Lipinski definition) is 1. The molecule has 0 aromatic heterocycles. The number of carbonyl (C=O) groups is 2. The fourth-order valence-electron chi connectivity index (χ4n) is 2.93. The molecule has 142 valence electrons. The molecular weight excluding hydrogens is 338 g/mol. The summed E-state index contributed by atoms with van der Waals surface area (Å²) < 4.78 is 5.69. The number of aryl methyl sites for hydroxylation is 1. The Kier molecular flexibility index (Phi) is 6.94. The van der Waals surface area contributed by atoms with Gasteiger partial charge in [0.15, 0.2) is 6.10 Å². The largest absolute Gasteiger partial charge is 0.481 e. The van der Waals surface area contributed by atoms with Crippen molar-refractivity contribution in [1.82, 2.24) is 10.2 Å². The minimum Gasteiger partial charge on any atom is -0.481 e. The average molecular weight is 363 g/mol. The molecule has 1 aromatic rings. The highest BCUT2D eigenvalue weighted by Crippen LogP contribution is 2.24. The molecule has 1 heterocycles. The van der Waals surface area contributed by atoms with Crippen LogP contribution in [0.2, 0.25) is 0 Å². The molecule has 1 aromatic carbocycles. The maximum absolute atomic E-state index is 12.3. The lowest BCUT2D eigenvalue weighted by molar-refractivity contribution is -0.385. The van der Waals surface area contributed by atoms with E-state index in [-0.39, 0.29) is 17.5 Å². The van der Waals surface area contributed by atoms with E-state index in [0.717, 1.165) is 13.0 Å². The maximum atomic E-state index is 12.3. The minimum absolute atomic E-state index is 0.0197. The van der Waals surface area contributed by atoms with Crippen LogP contribution in [0.1, 0.15) is 38.2 Å². The summed E-state index contributed by atoms with van der Waals surface area (Å²) in [5.74, 6) is 0.383. The van der Waals surface area contributed by atoms with Crippen molar-refractivity contribution in [3.05, 3.63) is 33.9 Å². The minimum atomic E-state index is -0.663. The molecule has 0 radical (unpaired) electrons. The molecule has 1 atom stereocenters. The van der Waals surface area contributed by atoms with Crippen molar-refractivity contribution in [3.63, 3.8) is 0 Å². The Labute approximate surface area is 152 Å². The average Bonchev–Trinajstić information content (AvgIpc) is 3.01. The van der Waals surface area contributed by atoms with E-state index in [2.05, 4.69) is 5.32 Å². The fourth-order valence-corrected chi connectivity index (χ4v) is 2.93. The topological polar surface area (TPSA) is 102 Å². The Hall–Kier alpha value is -2.64. The van der Waals surface area contributed by atoms with Crippen molar-refractivity contribution in [2.75, 3.05) is 19.6 Å². The summed E-state index contributed by atoms with van der Waals surface area (Å²) in [6.45, 7) is 5.39. The standard InChI is InChI=1S/C18H25N3O5/c1-3-16(26-14-7-8-15(21(24)25)13(2)12-14)18(23)19-9-5-11-20-10-4-6-17(20)22/h7-8,12,16H,3-6,9-11H2,1-2H3,(H,19,23). The first-order chi connectivity index (χ1) is 12.4. The zero-order valence-corrected chi connectivity index (χ0v) is 15.2. The predicted octanol–water partition coefficient (Wildman–Crippen LogP) is 2.19. The van der Waals surface area contributed by atoms with Gasteiger partial charge in [-0.05, 0) is 38.3 Å². The van der Waals surface area contributed by atoms with Crippen molar-refractivity contribution < 1.29 is 19.2 Å². The summed E-state index contributed by atoms with van der Waals surface area (Å²) in [7, 11) is 0. The molecule has 2 amide bonds. The summed E-state index contributed by atoms with van der Waals surface area (Å²) in [6.07, 6.45) is 2.04. The molecule has 1 N–H and O–H groups in total. The van der Waals surface area contributed by atoms with E-state index in [1.165, 1.54) is 12.1 Å². The first kappa shape index (κ1) is 19.7. The van der Waals surface area contributed by atoms with Crippen molar-refractivity contribution in [2.24, 2.45) is 0 Å². The smallest absolute Gasteiger partial charge is 0.272 e. The third-order valence-corrected chi connectivity index (χ3v) is 4.38. The summed E-state index contributed by atoms with van der Waals surface area (Å²) >= 11 is 0. The van der Waals surface area contributed by atoms with Crippen molar-refractivity contribution in [1.29, 1.82) is 0 Å². The van der Waals surface area contributed by atoms with Gasteiger partial charge < -0.3 is 15.0 Å². The predicted molar refractivity (Wildman–Crippen MR) is 96.0 cm³/mol. The molecule has 0 spiro atoms. The lowest BCUT2D eigenvalue weighted by atomic mass is 10.2. The van der Waals surface area contributed by atoms with Gasteiger partial charge in [0.2, 0.25) is 5.91 Å². The van der Waals surface area contributed by atoms with Crippen LogP contribution < -0.4 is 10.1 Å². The highest BCUT2D eigenvalue weighted by molar-refractivity contribution is 5.81. The van der Waals surface area contributed by atoms with Crippen molar-refractivity contribution >= 4 is 17.5 Å². The van der Waals surface area contributed by atoms with Gasteiger partial charge in [0.1, 0.15) is 5.75 Å². The quantitative estimate of drug-likeness (QED) is 0.412. The summed E-state index contributed by atoms with van der Waals surface area (Å²) in [4.78, 5) is 36.0. The lowest BCUT2D eigenvalue weighted by Gasteiger charge is -2.19. The first-order valence-electron chi connectivity index (χ1n) is 8.89. The molecule has 8 heteroatoms. The van der Waals surface area contributed by atoms with E-state index in [1.54, 1.807) is 13.0 Å². The van der Waals surface area contributed by atoms with Crippen LogP contribution >= 0.6 is 0 Å². The number of nitro benzene ring substituents is 1. The van der Waals surface area contributed by atoms with Gasteiger partial charge in [-0.3, -0.25) is 19.7 Å². The molecule has 1 unspecified atom stereocenters. The van der Waals surface area contributed by atoms with E-state index in [4.69, 9.17) is 4.74 Å². The van der Waals surface area contributed by atoms with Gasteiger partial charge in [-0.1, -0.05) is 6.92 Å². The van der Waals surface area contributed by atoms with Crippen LogP contribution in [0.4, 0.5) is 5.69 Å². The number of amides is 2. The zero-order chi connectivity index (χ0) is 19.1. The number of likely N-dealkylation sites (tertiary alicyclic amines) is 1. The van der Waals surface area contributed by atoms with Gasteiger partial charge in [0.05, 0.1) is 4.92 Å². The third kappa shape index (κ3) is 5.18. The van der Waals surface area contributed by atoms with E-state index in [1.807, 2.05) is 11.8 Å². The molecule has 1 aliphatic rings. The number of nitrogens with zero attached hydrogens (tertiary/aromatic N) is 2. The monoisotopic (exact) mass is 363 g/mol. The van der Waals surface area contributed by atoms with Crippen LogP contribution in [0.5, 0.6) is 5.75 Å². The Morgan fingerprint density at radius 1 is 1.46 bits per heavy atom. The number of nitro groups is 1. The van der Waals surface area contributed by atoms with E-state index in [9.17, 15) is 19.7 Å². The molecule has 8 nitrogen and oxygen atoms in total. The Bertz CT molecular complexity index is 677. The number of nitrogens with one attached hydrogen (secondary N) is 1. The van der Waals surface area contributed by atoms with Crippen molar-refractivity contribution in [3.8, 4) is 5.75 Å². The second-order valence-corrected chi connectivity index (χ2v) is 6.35. The van der Waals surface area contributed by atoms with Crippen LogP contribution in [-0.4, -0.2) is 47.4 Å². The summed E-state index contributed by atoms with van der Waals surface area (Å²) in [5, 5.41) is 13.7. The van der Waals surface area contributed by atoms with Crippen LogP contribution in [0.15, 0.2) is 18.2 Å². The first-order valence-corrected chi connectivity index (χ1v) is 8.89. The van der Waals surface area contributed by atoms with E-state index >= 15 is 0 Å². The number of rotatable bonds is 9. The number of carbonyl (C=O) groups excluding carboxylic acids is 2. The summed E-state index contributed by atoms with van der Waals surface area (Å²) in [5.41, 5.74) is 0.504. The van der Waals surface area contributed by atoms with Gasteiger partial charge >= 0.3 is 0 Å². The lowest BCUT2D eigenvalue weighted by Crippen LogP contribution is -2.39. The van der Waals surface area contributed by atoms with Gasteiger partial charge in [0, 0.05) is 37.7 Å². The van der Waals surface area contributed by atoms with Crippen LogP contribution in [0, 0.1) is 17.0 Å². The van der Waals surface area contributed by atoms with Crippen LogP contribution in [0.3, 0.4) is 0 Å². The second-order valence-electron chi connectivity index (χ2n) is 6.35. The van der Waals surface area contributed by atoms with Crippen molar-refractivity contribution in [2.45, 2.75) is 45.6 Å². The molecule has 2 rings (SSSR count). The van der Waals surface area contributed by atoms with E-state index < -0.39 is 11.0 Å². The molecule has 1 fully saturated rings. The number of ether oxygens (including phenoxy) is 1. The van der Waals surface area contributed by atoms with Gasteiger partial charge in [0.25, 0.3) is 11.6 Å². The highest BCUT2D eigenvalue weighted by Gasteiger charge is 2.21. The Morgan fingerprint density at radius 2 is 2.23 bits per heavy atom. The third-order valence-electron chi connectivity index (χ3n) is 4.38. The second kappa shape index (κ2) is 9.17. The normalized spacial score (nSPS) is 15.0. The highest BCUT2D eigenvalue weighted by atomic mass is 16.6. The molecule has 26 heavy (non-hydrogen) atoms. The molecular formula is C18H25N3O5. The molecule has 1 saturated heterocycles. The Balaban J connectivity index is 1.81. The van der Waals surface area contributed by atoms with Gasteiger partial charge in [-0.2, -0.15) is 0 Å². The molecule has 0 saturated carbocycles. The van der Waals surface area contributed by atoms with Gasteiger partial charge in [-0.15, -0.1) is 0 Å².